The van der Waals surface area contributed by atoms with Crippen LogP contribution in [0.15, 0.2) is 53.4 Å². The Morgan fingerprint density at radius 2 is 1.85 bits per heavy atom. The van der Waals surface area contributed by atoms with Crippen LogP contribution in [0.2, 0.25) is 0 Å². The summed E-state index contributed by atoms with van der Waals surface area (Å²) in [5.74, 6) is 0.575. The third-order valence-corrected chi connectivity index (χ3v) is 7.29. The number of carbonyl (C=O) groups excluding carboxylic acids is 1. The molecule has 6 nitrogen and oxygen atoms in total. The van der Waals surface area contributed by atoms with Crippen LogP contribution in [0.4, 0.5) is 0 Å². The number of sulfonamides is 1. The van der Waals surface area contributed by atoms with Gasteiger partial charge in [-0.05, 0) is 36.6 Å². The van der Waals surface area contributed by atoms with Gasteiger partial charge in [-0.15, -0.1) is 4.31 Å². The van der Waals surface area contributed by atoms with Gasteiger partial charge in [-0.1, -0.05) is 28.5 Å². The Labute approximate surface area is 160 Å². The molecule has 0 saturated carbocycles. The van der Waals surface area contributed by atoms with Gasteiger partial charge in [0.25, 0.3) is 5.91 Å². The van der Waals surface area contributed by atoms with E-state index in [4.69, 9.17) is 4.74 Å². The van der Waals surface area contributed by atoms with Crippen molar-refractivity contribution in [3.63, 3.8) is 0 Å². The van der Waals surface area contributed by atoms with Crippen molar-refractivity contribution >= 4 is 16.3 Å². The molecule has 0 aromatic heterocycles. The molecule has 1 amide bonds. The first-order valence-corrected chi connectivity index (χ1v) is 10.5. The van der Waals surface area contributed by atoms with E-state index < -0.39 is 10.4 Å². The van der Waals surface area contributed by atoms with Gasteiger partial charge in [0.15, 0.2) is 15.3 Å². The van der Waals surface area contributed by atoms with E-state index in [0.717, 1.165) is 11.1 Å². The van der Waals surface area contributed by atoms with Gasteiger partial charge in [-0.3, -0.25) is 4.79 Å². The fraction of sp³-hybridized carbons (Fsp3) is 0.350. The minimum Gasteiger partial charge on any atom is -0.593 e. The van der Waals surface area contributed by atoms with E-state index >= 15 is 0 Å². The molecule has 27 heavy (non-hydrogen) atoms. The topological polar surface area (TPSA) is 72.9 Å². The summed E-state index contributed by atoms with van der Waals surface area (Å²) in [7, 11) is -2.04. The summed E-state index contributed by atoms with van der Waals surface area (Å²) in [6.07, 6.45) is 1.28. The Morgan fingerprint density at radius 3 is 2.56 bits per heavy atom. The number of hydrogen-bond donors (Lipinski definition) is 0. The van der Waals surface area contributed by atoms with Crippen molar-refractivity contribution in [1.29, 1.82) is 0 Å². The molecule has 2 heterocycles. The zero-order chi connectivity index (χ0) is 19.0. The Bertz CT molecular complexity index is 908. The molecular weight excluding hydrogens is 364 g/mol. The number of rotatable bonds is 4. The van der Waals surface area contributed by atoms with Crippen LogP contribution in [0.1, 0.15) is 28.8 Å². The first-order chi connectivity index (χ1) is 13.0. The molecular formula is C20H22N2O4S. The molecule has 0 spiro atoms. The van der Waals surface area contributed by atoms with Crippen molar-refractivity contribution in [2.75, 3.05) is 20.2 Å². The molecule has 142 valence electrons. The zero-order valence-electron chi connectivity index (χ0n) is 15.2. The van der Waals surface area contributed by atoms with Crippen LogP contribution >= 0.6 is 0 Å². The normalized spacial score (nSPS) is 20.4. The number of amides is 1. The van der Waals surface area contributed by atoms with E-state index in [0.29, 0.717) is 38.2 Å². The largest absolute Gasteiger partial charge is 0.593 e. The van der Waals surface area contributed by atoms with Crippen LogP contribution in [0.3, 0.4) is 0 Å². The molecule has 2 aliphatic heterocycles. The summed E-state index contributed by atoms with van der Waals surface area (Å²) < 4.78 is 32.5. The second kappa shape index (κ2) is 7.07. The molecule has 4 rings (SSSR count). The number of piperidine rings is 1. The summed E-state index contributed by atoms with van der Waals surface area (Å²) in [5.41, 5.74) is 1.82. The third-order valence-electron chi connectivity index (χ3n) is 5.39. The van der Waals surface area contributed by atoms with Crippen LogP contribution in [-0.4, -0.2) is 45.9 Å². The minimum atomic E-state index is -3.56. The standard InChI is InChI=1S/C20H22N2O4S/c1-26-17-6-4-7-18(13-17)27(24,25)21-11-9-16(10-12-21)22-14-15-5-2-3-8-19(15)20(22)23/h2-8,13,16H,9-12,14H2,1H3. The van der Waals surface area contributed by atoms with Gasteiger partial charge in [0.05, 0.1) is 7.11 Å². The SMILES string of the molecule is COc1cccc([S+](=O)([O-])N2CCC(N3Cc4ccccc4C3=O)CC2)c1. The van der Waals surface area contributed by atoms with E-state index in [1.807, 2.05) is 29.2 Å². The highest BCUT2D eigenvalue weighted by molar-refractivity contribution is 7.95. The van der Waals surface area contributed by atoms with Gasteiger partial charge in [0.2, 0.25) is 0 Å². The molecule has 0 bridgehead atoms. The Kier molecular flexibility index (Phi) is 4.75. The van der Waals surface area contributed by atoms with Crippen LogP contribution in [0.25, 0.3) is 0 Å². The van der Waals surface area contributed by atoms with Crippen molar-refractivity contribution in [3.8, 4) is 5.75 Å². The fourth-order valence-corrected chi connectivity index (χ4v) is 5.38. The monoisotopic (exact) mass is 386 g/mol. The molecule has 1 saturated heterocycles. The van der Waals surface area contributed by atoms with Crippen molar-refractivity contribution < 1.29 is 18.3 Å². The van der Waals surface area contributed by atoms with E-state index in [9.17, 15) is 13.6 Å². The Balaban J connectivity index is 1.45. The number of methoxy groups -OCH3 is 1. The quantitative estimate of drug-likeness (QED) is 0.758. The second-order valence-corrected chi connectivity index (χ2v) is 8.84. The summed E-state index contributed by atoms with van der Waals surface area (Å²) in [4.78, 5) is 14.8. The zero-order valence-corrected chi connectivity index (χ0v) is 16.0. The first kappa shape index (κ1) is 18.2. The van der Waals surface area contributed by atoms with Gasteiger partial charge < -0.3 is 14.2 Å². The molecule has 1 fully saturated rings. The average Bonchev–Trinajstić information content (AvgIpc) is 3.05. The second-order valence-electron chi connectivity index (χ2n) is 6.90. The number of nitrogens with zero attached hydrogens (tertiary/aromatic N) is 2. The minimum absolute atomic E-state index is 0.0553. The van der Waals surface area contributed by atoms with Crippen molar-refractivity contribution in [1.82, 2.24) is 9.21 Å². The highest BCUT2D eigenvalue weighted by Crippen LogP contribution is 2.32. The van der Waals surface area contributed by atoms with Gasteiger partial charge in [0.1, 0.15) is 5.75 Å². The summed E-state index contributed by atoms with van der Waals surface area (Å²) in [6, 6.07) is 14.3. The van der Waals surface area contributed by atoms with Crippen molar-refractivity contribution in [2.24, 2.45) is 0 Å². The van der Waals surface area contributed by atoms with Crippen molar-refractivity contribution in [2.45, 2.75) is 30.3 Å². The predicted molar refractivity (Wildman–Crippen MR) is 101 cm³/mol. The number of hydrogen-bond acceptors (Lipinski definition) is 4. The lowest BCUT2D eigenvalue weighted by atomic mass is 10.1. The molecule has 2 aromatic carbocycles. The van der Waals surface area contributed by atoms with Gasteiger partial charge >= 0.3 is 0 Å². The van der Waals surface area contributed by atoms with Crippen LogP contribution in [0.5, 0.6) is 5.75 Å². The van der Waals surface area contributed by atoms with Crippen molar-refractivity contribution in [3.05, 3.63) is 59.7 Å². The summed E-state index contributed by atoms with van der Waals surface area (Å²) in [6.45, 7) is 1.43. The van der Waals surface area contributed by atoms with E-state index in [-0.39, 0.29) is 16.8 Å². The third kappa shape index (κ3) is 3.26. The van der Waals surface area contributed by atoms with E-state index in [2.05, 4.69) is 0 Å². The Hall–Kier alpha value is -2.22. The molecule has 0 aliphatic carbocycles. The van der Waals surface area contributed by atoms with E-state index in [1.54, 1.807) is 24.3 Å². The Morgan fingerprint density at radius 1 is 1.11 bits per heavy atom. The lowest BCUT2D eigenvalue weighted by Crippen LogP contribution is -2.48. The maximum absolute atomic E-state index is 12.9. The molecule has 2 aromatic rings. The number of benzene rings is 2. The highest BCUT2D eigenvalue weighted by atomic mass is 32.3. The number of fused-ring (bicyclic) bond motifs is 1. The lowest BCUT2D eigenvalue weighted by Gasteiger charge is -2.37. The molecule has 0 N–H and O–H groups in total. The van der Waals surface area contributed by atoms with Crippen LogP contribution in [0, 0.1) is 0 Å². The average molecular weight is 386 g/mol. The predicted octanol–water partition coefficient (Wildman–Crippen LogP) is 2.72. The fourth-order valence-electron chi connectivity index (χ4n) is 3.88. The van der Waals surface area contributed by atoms with Gasteiger partial charge in [-0.2, -0.15) is 0 Å². The molecule has 0 radical (unpaired) electrons. The van der Waals surface area contributed by atoms with Crippen LogP contribution < -0.4 is 4.74 Å². The molecule has 2 aliphatic rings. The molecule has 1 atom stereocenters. The van der Waals surface area contributed by atoms with E-state index in [1.165, 1.54) is 11.4 Å². The first-order valence-electron chi connectivity index (χ1n) is 9.04. The number of carbonyl (C=O) groups is 1. The maximum Gasteiger partial charge on any atom is 0.254 e. The highest BCUT2D eigenvalue weighted by Gasteiger charge is 2.39. The summed E-state index contributed by atoms with van der Waals surface area (Å²) in [5, 5.41) is 0. The summed E-state index contributed by atoms with van der Waals surface area (Å²) >= 11 is 0. The lowest BCUT2D eigenvalue weighted by molar-refractivity contribution is 0.0640. The van der Waals surface area contributed by atoms with Gasteiger partial charge in [0, 0.05) is 37.3 Å². The van der Waals surface area contributed by atoms with Gasteiger partial charge in [-0.25, -0.2) is 0 Å². The van der Waals surface area contributed by atoms with Crippen LogP contribution in [-0.2, 0) is 21.2 Å². The maximum atomic E-state index is 12.9. The number of ether oxygens (including phenoxy) is 1. The smallest absolute Gasteiger partial charge is 0.254 e. The molecule has 7 heteroatoms. The molecule has 1 unspecified atom stereocenters.